The number of carbonyl (C=O) groups excluding carboxylic acids is 1. The zero-order valence-electron chi connectivity index (χ0n) is 16.7. The molecule has 2 heterocycles. The van der Waals surface area contributed by atoms with Gasteiger partial charge in [-0.15, -0.1) is 11.3 Å². The van der Waals surface area contributed by atoms with Crippen molar-refractivity contribution in [3.63, 3.8) is 0 Å². The van der Waals surface area contributed by atoms with E-state index in [-0.39, 0.29) is 5.91 Å². The molecule has 0 saturated carbocycles. The second kappa shape index (κ2) is 9.45. The number of ether oxygens (including phenoxy) is 1. The van der Waals surface area contributed by atoms with Crippen LogP contribution in [-0.4, -0.2) is 50.8 Å². The molecule has 6 nitrogen and oxygen atoms in total. The highest BCUT2D eigenvalue weighted by atomic mass is 32.1. The van der Waals surface area contributed by atoms with E-state index in [4.69, 9.17) is 4.74 Å². The van der Waals surface area contributed by atoms with Crippen molar-refractivity contribution in [2.24, 2.45) is 0 Å². The summed E-state index contributed by atoms with van der Waals surface area (Å²) >= 11 is 1.70. The van der Waals surface area contributed by atoms with Gasteiger partial charge < -0.3 is 19.9 Å². The Bertz CT molecular complexity index is 918. The molecule has 1 saturated heterocycles. The van der Waals surface area contributed by atoms with Gasteiger partial charge in [-0.05, 0) is 24.3 Å². The number of carbonyl (C=O) groups is 1. The van der Waals surface area contributed by atoms with E-state index in [0.717, 1.165) is 60.5 Å². The largest absolute Gasteiger partial charge is 0.370 e. The predicted octanol–water partition coefficient (Wildman–Crippen LogP) is 0.365. The summed E-state index contributed by atoms with van der Waals surface area (Å²) in [5, 5.41) is 4.07. The maximum atomic E-state index is 12.4. The van der Waals surface area contributed by atoms with Crippen molar-refractivity contribution in [1.82, 2.24) is 4.98 Å². The van der Waals surface area contributed by atoms with Crippen LogP contribution in [0.15, 0.2) is 48.5 Å². The third kappa shape index (κ3) is 5.61. The van der Waals surface area contributed by atoms with E-state index < -0.39 is 0 Å². The molecule has 0 aliphatic carbocycles. The molecule has 1 amide bonds. The third-order valence-electron chi connectivity index (χ3n) is 5.15. The highest BCUT2D eigenvalue weighted by Crippen LogP contribution is 2.20. The van der Waals surface area contributed by atoms with Crippen LogP contribution in [-0.2, 0) is 22.6 Å². The van der Waals surface area contributed by atoms with Crippen molar-refractivity contribution in [2.45, 2.75) is 13.1 Å². The Balaban J connectivity index is 1.26. The maximum Gasteiger partial charge on any atom is 0.279 e. The highest BCUT2D eigenvalue weighted by molar-refractivity contribution is 7.18. The molecular weight excluding hydrogens is 384 g/mol. The summed E-state index contributed by atoms with van der Waals surface area (Å²) < 4.78 is 6.60. The minimum Gasteiger partial charge on any atom is -0.370 e. The molecule has 1 unspecified atom stereocenters. The van der Waals surface area contributed by atoms with Gasteiger partial charge in [-0.3, -0.25) is 4.79 Å². The molecule has 29 heavy (non-hydrogen) atoms. The topological polar surface area (TPSA) is 60.1 Å². The highest BCUT2D eigenvalue weighted by Gasteiger charge is 2.15. The molecule has 3 N–H and O–H groups in total. The fourth-order valence-corrected chi connectivity index (χ4v) is 4.71. The molecule has 1 fully saturated rings. The second-order valence-corrected chi connectivity index (χ2v) is 8.79. The van der Waals surface area contributed by atoms with Gasteiger partial charge in [0.15, 0.2) is 6.54 Å². The standard InChI is InChI=1S/C22H26N4O2S/c1-25(16-22-24-19-4-2-3-5-20(19)29-22)15-21(27)23-18-8-6-17(7-9-18)14-26-10-12-28-13-11-26/h2-9H,10-16H2,1H3,(H,23,27)/p+2. The molecule has 4 rings (SSSR count). The molecule has 1 atom stereocenters. The Labute approximate surface area is 175 Å². The normalized spacial score (nSPS) is 16.0. The fourth-order valence-electron chi connectivity index (χ4n) is 3.63. The van der Waals surface area contributed by atoms with E-state index in [1.165, 1.54) is 10.3 Å². The lowest BCUT2D eigenvalue weighted by molar-refractivity contribution is -0.921. The van der Waals surface area contributed by atoms with Crippen LogP contribution in [0.1, 0.15) is 10.6 Å². The van der Waals surface area contributed by atoms with Crippen LogP contribution in [0.5, 0.6) is 0 Å². The quantitative estimate of drug-likeness (QED) is 0.525. The molecule has 0 spiro atoms. The van der Waals surface area contributed by atoms with Crippen molar-refractivity contribution >= 4 is 33.1 Å². The molecule has 1 aliphatic heterocycles. The number of fused-ring (bicyclic) bond motifs is 1. The number of amides is 1. The van der Waals surface area contributed by atoms with Crippen LogP contribution in [0, 0.1) is 0 Å². The average molecular weight is 413 g/mol. The summed E-state index contributed by atoms with van der Waals surface area (Å²) in [5.74, 6) is 0.0233. The Morgan fingerprint density at radius 1 is 1.17 bits per heavy atom. The van der Waals surface area contributed by atoms with Gasteiger partial charge in [-0.2, -0.15) is 0 Å². The summed E-state index contributed by atoms with van der Waals surface area (Å²) in [5.41, 5.74) is 3.17. The van der Waals surface area contributed by atoms with Gasteiger partial charge in [0, 0.05) is 11.3 Å². The third-order valence-corrected chi connectivity index (χ3v) is 6.18. The number of aromatic nitrogens is 1. The first-order valence-corrected chi connectivity index (χ1v) is 10.9. The van der Waals surface area contributed by atoms with Gasteiger partial charge in [0.05, 0.1) is 30.5 Å². The number of hydrogen-bond donors (Lipinski definition) is 3. The van der Waals surface area contributed by atoms with Crippen molar-refractivity contribution in [3.8, 4) is 0 Å². The lowest BCUT2D eigenvalue weighted by Crippen LogP contribution is -3.12. The molecule has 1 aromatic heterocycles. The average Bonchev–Trinajstić information content (AvgIpc) is 3.12. The first-order chi connectivity index (χ1) is 14.2. The monoisotopic (exact) mass is 412 g/mol. The number of morpholine rings is 1. The number of rotatable bonds is 7. The van der Waals surface area contributed by atoms with Crippen molar-refractivity contribution in [3.05, 3.63) is 59.1 Å². The summed E-state index contributed by atoms with van der Waals surface area (Å²) in [6.45, 7) is 5.97. The molecule has 1 aliphatic rings. The summed E-state index contributed by atoms with van der Waals surface area (Å²) in [6, 6.07) is 16.4. The van der Waals surface area contributed by atoms with E-state index in [1.54, 1.807) is 16.2 Å². The number of likely N-dealkylation sites (N-methyl/N-ethyl adjacent to an activating group) is 1. The SMILES string of the molecule is C[NH+](CC(=O)Nc1ccc(C[NH+]2CCOCC2)cc1)Cc1nc2ccccc2s1. The summed E-state index contributed by atoms with van der Waals surface area (Å²) in [6.07, 6.45) is 0. The Morgan fingerprint density at radius 3 is 2.69 bits per heavy atom. The minimum absolute atomic E-state index is 0.0233. The van der Waals surface area contributed by atoms with E-state index >= 15 is 0 Å². The predicted molar refractivity (Wildman–Crippen MR) is 115 cm³/mol. The van der Waals surface area contributed by atoms with E-state index in [9.17, 15) is 4.79 Å². The van der Waals surface area contributed by atoms with Gasteiger partial charge in [0.1, 0.15) is 31.2 Å². The van der Waals surface area contributed by atoms with Crippen molar-refractivity contribution < 1.29 is 19.3 Å². The second-order valence-electron chi connectivity index (χ2n) is 7.67. The van der Waals surface area contributed by atoms with Gasteiger partial charge in [-0.25, -0.2) is 4.98 Å². The van der Waals surface area contributed by atoms with Crippen LogP contribution < -0.4 is 15.1 Å². The van der Waals surface area contributed by atoms with Gasteiger partial charge in [0.2, 0.25) is 0 Å². The number of quaternary nitrogens is 2. The number of hydrogen-bond acceptors (Lipinski definition) is 4. The number of nitrogens with zero attached hydrogens (tertiary/aromatic N) is 1. The Morgan fingerprint density at radius 2 is 1.93 bits per heavy atom. The lowest BCUT2D eigenvalue weighted by Gasteiger charge is -2.23. The molecule has 152 valence electrons. The molecule has 7 heteroatoms. The Kier molecular flexibility index (Phi) is 6.51. The van der Waals surface area contributed by atoms with E-state index in [2.05, 4.69) is 28.5 Å². The van der Waals surface area contributed by atoms with Crippen LogP contribution >= 0.6 is 11.3 Å². The smallest absolute Gasteiger partial charge is 0.279 e. The molecule has 0 bridgehead atoms. The van der Waals surface area contributed by atoms with E-state index in [1.807, 2.05) is 37.4 Å². The van der Waals surface area contributed by atoms with Crippen LogP contribution in [0.3, 0.4) is 0 Å². The van der Waals surface area contributed by atoms with Crippen molar-refractivity contribution in [1.29, 1.82) is 0 Å². The number of benzene rings is 2. The summed E-state index contributed by atoms with van der Waals surface area (Å²) in [7, 11) is 2.03. The molecule has 0 radical (unpaired) electrons. The zero-order valence-corrected chi connectivity index (χ0v) is 17.6. The van der Waals surface area contributed by atoms with Crippen LogP contribution in [0.2, 0.25) is 0 Å². The van der Waals surface area contributed by atoms with Gasteiger partial charge >= 0.3 is 0 Å². The maximum absolute atomic E-state index is 12.4. The fraction of sp³-hybridized carbons (Fsp3) is 0.364. The number of anilines is 1. The van der Waals surface area contributed by atoms with Gasteiger partial charge in [0.25, 0.3) is 5.91 Å². The summed E-state index contributed by atoms with van der Waals surface area (Å²) in [4.78, 5) is 19.7. The number of para-hydroxylation sites is 1. The number of thiazole rings is 1. The Hall–Kier alpha value is -2.32. The van der Waals surface area contributed by atoms with Crippen molar-refractivity contribution in [2.75, 3.05) is 45.2 Å². The first kappa shape index (κ1) is 20.0. The zero-order chi connectivity index (χ0) is 20.1. The minimum atomic E-state index is 0.0233. The molecular formula is C22H28N4O2S+2. The van der Waals surface area contributed by atoms with Gasteiger partial charge in [-0.1, -0.05) is 24.3 Å². The van der Waals surface area contributed by atoms with E-state index in [0.29, 0.717) is 6.54 Å². The molecule has 2 aromatic carbocycles. The van der Waals surface area contributed by atoms with Crippen LogP contribution in [0.25, 0.3) is 10.2 Å². The first-order valence-electron chi connectivity index (χ1n) is 10.1. The number of nitrogens with one attached hydrogen (secondary N) is 3. The molecule has 3 aromatic rings. The lowest BCUT2D eigenvalue weighted by atomic mass is 10.2. The van der Waals surface area contributed by atoms with Crippen LogP contribution in [0.4, 0.5) is 5.69 Å².